The molecule has 4 nitrogen and oxygen atoms in total. The van der Waals surface area contributed by atoms with Crippen LogP contribution in [0.25, 0.3) is 0 Å². The SMILES string of the molecule is C[C@H]1N=C(CC2=N[C@H](C)C3(CCCCC3)O2)OC12CCCCC2.[Br-].[Br-].[Ni+2]. The van der Waals surface area contributed by atoms with E-state index in [-0.39, 0.29) is 73.7 Å². The average Bonchev–Trinajstić information content (AvgIpc) is 2.99. The molecular weight excluding hydrogens is 507 g/mol. The monoisotopic (exact) mass is 534 g/mol. The van der Waals surface area contributed by atoms with E-state index in [2.05, 4.69) is 13.8 Å². The van der Waals surface area contributed by atoms with Crippen molar-refractivity contribution in [2.75, 3.05) is 0 Å². The molecule has 2 atom stereocenters. The summed E-state index contributed by atoms with van der Waals surface area (Å²) in [7, 11) is 0. The van der Waals surface area contributed by atoms with Gasteiger partial charge in [0.25, 0.3) is 0 Å². The summed E-state index contributed by atoms with van der Waals surface area (Å²) >= 11 is 0. The van der Waals surface area contributed by atoms with Crippen LogP contribution in [0, 0.1) is 0 Å². The maximum atomic E-state index is 6.36. The maximum Gasteiger partial charge on any atom is 2.00 e. The van der Waals surface area contributed by atoms with Gasteiger partial charge >= 0.3 is 16.5 Å². The predicted molar refractivity (Wildman–Crippen MR) is 92.2 cm³/mol. The largest absolute Gasteiger partial charge is 2.00 e. The maximum absolute atomic E-state index is 6.36. The van der Waals surface area contributed by atoms with Crippen molar-refractivity contribution >= 4 is 11.8 Å². The molecule has 7 heteroatoms. The average molecular weight is 537 g/mol. The zero-order chi connectivity index (χ0) is 15.9. The van der Waals surface area contributed by atoms with Crippen molar-refractivity contribution in [1.82, 2.24) is 0 Å². The molecule has 0 aromatic carbocycles. The number of aliphatic imine (C=N–C) groups is 2. The van der Waals surface area contributed by atoms with Crippen LogP contribution < -0.4 is 34.0 Å². The standard InChI is InChI=1S/C19H30N2O2.2BrH.Ni/c1-14-18(9-5-3-6-10-18)22-16(20-14)13-17-21-15(2)19(23-17)11-7-4-8-12-19;;;/h14-15H,3-13H2,1-2H3;2*1H;/q;;;+2/p-2/t14-,15-;;;/m1.../s1. The molecule has 4 aliphatic rings. The van der Waals surface area contributed by atoms with E-state index in [9.17, 15) is 0 Å². The Morgan fingerprint density at radius 3 is 1.42 bits per heavy atom. The summed E-state index contributed by atoms with van der Waals surface area (Å²) in [6, 6.07) is 0.557. The summed E-state index contributed by atoms with van der Waals surface area (Å²) in [5.74, 6) is 1.72. The van der Waals surface area contributed by atoms with Gasteiger partial charge in [-0.3, -0.25) is 0 Å². The van der Waals surface area contributed by atoms with Gasteiger partial charge in [0.2, 0.25) is 0 Å². The molecule has 2 saturated carbocycles. The van der Waals surface area contributed by atoms with Crippen molar-refractivity contribution in [3.05, 3.63) is 0 Å². The number of ether oxygens (including phenoxy) is 2. The molecule has 0 bridgehead atoms. The third-order valence-electron chi connectivity index (χ3n) is 6.54. The fourth-order valence-corrected chi connectivity index (χ4v) is 4.99. The molecule has 0 radical (unpaired) electrons. The van der Waals surface area contributed by atoms with Crippen molar-refractivity contribution in [3.8, 4) is 0 Å². The number of halogens is 2. The van der Waals surface area contributed by atoms with Crippen LogP contribution in [0.1, 0.15) is 84.5 Å². The van der Waals surface area contributed by atoms with Gasteiger partial charge in [-0.25, -0.2) is 9.98 Å². The van der Waals surface area contributed by atoms with E-state index in [4.69, 9.17) is 19.5 Å². The van der Waals surface area contributed by atoms with Crippen LogP contribution in [0.3, 0.4) is 0 Å². The Morgan fingerprint density at radius 2 is 1.08 bits per heavy atom. The first kappa shape index (κ1) is 24.4. The predicted octanol–water partition coefficient (Wildman–Crippen LogP) is -1.58. The van der Waals surface area contributed by atoms with Gasteiger partial charge in [-0.05, 0) is 65.2 Å². The smallest absolute Gasteiger partial charge is 1.00 e. The number of rotatable bonds is 2. The molecule has 2 spiro atoms. The van der Waals surface area contributed by atoms with Gasteiger partial charge in [-0.2, -0.15) is 0 Å². The third-order valence-corrected chi connectivity index (χ3v) is 6.54. The van der Waals surface area contributed by atoms with Gasteiger partial charge in [-0.1, -0.05) is 12.8 Å². The summed E-state index contributed by atoms with van der Waals surface area (Å²) in [4.78, 5) is 9.64. The van der Waals surface area contributed by atoms with Crippen LogP contribution in [-0.4, -0.2) is 35.1 Å². The first-order valence-electron chi connectivity index (χ1n) is 9.63. The minimum atomic E-state index is -0.0269. The molecular formula is C19H30Br2N2NiO2. The fraction of sp³-hybridized carbons (Fsp3) is 0.895. The summed E-state index contributed by atoms with van der Waals surface area (Å²) in [5, 5.41) is 0. The van der Waals surface area contributed by atoms with Crippen LogP contribution in [-0.2, 0) is 26.0 Å². The first-order valence-corrected chi connectivity index (χ1v) is 9.63. The molecule has 152 valence electrons. The fourth-order valence-electron chi connectivity index (χ4n) is 4.99. The number of hydrogen-bond donors (Lipinski definition) is 0. The molecule has 2 aliphatic heterocycles. The zero-order valence-corrected chi connectivity index (χ0v) is 19.9. The Morgan fingerprint density at radius 1 is 0.731 bits per heavy atom. The van der Waals surface area contributed by atoms with Crippen LogP contribution in [0.5, 0.6) is 0 Å². The Labute approximate surface area is 188 Å². The second kappa shape index (κ2) is 9.74. The number of hydrogen-bond acceptors (Lipinski definition) is 4. The molecule has 26 heavy (non-hydrogen) atoms. The quantitative estimate of drug-likeness (QED) is 0.400. The van der Waals surface area contributed by atoms with Gasteiger partial charge in [0.05, 0.1) is 18.5 Å². The van der Waals surface area contributed by atoms with Crippen molar-refractivity contribution in [1.29, 1.82) is 0 Å². The summed E-state index contributed by atoms with van der Waals surface area (Å²) in [6.45, 7) is 4.42. The van der Waals surface area contributed by atoms with Crippen LogP contribution >= 0.6 is 0 Å². The molecule has 0 N–H and O–H groups in total. The van der Waals surface area contributed by atoms with Gasteiger partial charge in [0.15, 0.2) is 11.8 Å². The topological polar surface area (TPSA) is 43.2 Å². The zero-order valence-electron chi connectivity index (χ0n) is 15.7. The molecule has 0 saturated heterocycles. The molecule has 0 unspecified atom stereocenters. The molecule has 0 aromatic heterocycles. The summed E-state index contributed by atoms with van der Waals surface area (Å²) < 4.78 is 12.7. The second-order valence-electron chi connectivity index (χ2n) is 8.03. The van der Waals surface area contributed by atoms with E-state index in [0.29, 0.717) is 6.42 Å². The molecule has 4 rings (SSSR count). The first-order chi connectivity index (χ1) is 11.1. The Hall–Kier alpha value is 0.394. The van der Waals surface area contributed by atoms with E-state index in [1.54, 1.807) is 0 Å². The van der Waals surface area contributed by atoms with Crippen molar-refractivity contribution < 1.29 is 59.9 Å². The van der Waals surface area contributed by atoms with Crippen LogP contribution in [0.15, 0.2) is 9.98 Å². The summed E-state index contributed by atoms with van der Waals surface area (Å²) in [5.41, 5.74) is -0.0538. The van der Waals surface area contributed by atoms with Crippen LogP contribution in [0.2, 0.25) is 0 Å². The molecule has 2 aliphatic carbocycles. The Balaban J connectivity index is 0.00000113. The third kappa shape index (κ3) is 4.51. The number of nitrogens with zero attached hydrogens (tertiary/aromatic N) is 2. The van der Waals surface area contributed by atoms with Crippen molar-refractivity contribution in [2.45, 2.75) is 108 Å². The van der Waals surface area contributed by atoms with Gasteiger partial charge in [0, 0.05) is 0 Å². The van der Waals surface area contributed by atoms with E-state index >= 15 is 0 Å². The summed E-state index contributed by atoms with van der Waals surface area (Å²) in [6.07, 6.45) is 13.0. The van der Waals surface area contributed by atoms with Gasteiger partial charge in [0.1, 0.15) is 11.2 Å². The van der Waals surface area contributed by atoms with Crippen molar-refractivity contribution in [2.24, 2.45) is 9.98 Å². The second-order valence-corrected chi connectivity index (χ2v) is 8.03. The minimum Gasteiger partial charge on any atom is -1.00 e. The molecule has 2 heterocycles. The van der Waals surface area contributed by atoms with Crippen molar-refractivity contribution in [3.63, 3.8) is 0 Å². The molecule has 0 aromatic rings. The Kier molecular flexibility index (Phi) is 9.15. The van der Waals surface area contributed by atoms with Gasteiger partial charge < -0.3 is 43.4 Å². The minimum absolute atomic E-state index is 0. The Bertz CT molecular complexity index is 484. The normalized spacial score (nSPS) is 30.8. The van der Waals surface area contributed by atoms with E-state index in [1.807, 2.05) is 0 Å². The van der Waals surface area contributed by atoms with E-state index < -0.39 is 0 Å². The molecule has 2 fully saturated rings. The van der Waals surface area contributed by atoms with Crippen LogP contribution in [0.4, 0.5) is 0 Å². The van der Waals surface area contributed by atoms with E-state index in [1.165, 1.54) is 38.5 Å². The van der Waals surface area contributed by atoms with E-state index in [0.717, 1.165) is 37.5 Å². The van der Waals surface area contributed by atoms with Gasteiger partial charge in [-0.15, -0.1) is 0 Å². The molecule has 0 amide bonds.